The zero-order chi connectivity index (χ0) is 37.9. The van der Waals surface area contributed by atoms with E-state index in [-0.39, 0.29) is 43.5 Å². The Kier molecular flexibility index (Phi) is 15.1. The van der Waals surface area contributed by atoms with Crippen molar-refractivity contribution >= 4 is 58.2 Å². The highest BCUT2D eigenvalue weighted by Gasteiger charge is 2.46. The Bertz CT molecular complexity index is 1520. The van der Waals surface area contributed by atoms with Crippen LogP contribution in [-0.4, -0.2) is 142 Å². The lowest BCUT2D eigenvalue weighted by Gasteiger charge is -2.51. The Morgan fingerprint density at radius 2 is 1.02 bits per heavy atom. The van der Waals surface area contributed by atoms with E-state index in [1.165, 1.54) is 12.8 Å². The van der Waals surface area contributed by atoms with Crippen LogP contribution in [-0.2, 0) is 22.4 Å². The first-order valence-corrected chi connectivity index (χ1v) is 21.3. The fourth-order valence-electron chi connectivity index (χ4n) is 10.0. The molecule has 6 aliphatic rings. The summed E-state index contributed by atoms with van der Waals surface area (Å²) in [6.07, 6.45) is 8.60. The van der Waals surface area contributed by atoms with Gasteiger partial charge in [-0.1, -0.05) is 78.8 Å². The molecule has 8 atom stereocenters. The molecule has 2 aromatic rings. The van der Waals surface area contributed by atoms with Gasteiger partial charge < -0.3 is 30.6 Å². The summed E-state index contributed by atoms with van der Waals surface area (Å²) in [4.78, 5) is 35.4. The number of nitrogens with zero attached hydrogens (tertiary/aromatic N) is 4. The molecule has 304 valence electrons. The molecule has 14 heteroatoms. The molecular formula is C41H58Cl4N6O4. The Morgan fingerprint density at radius 1 is 0.600 bits per heavy atom. The van der Waals surface area contributed by atoms with Gasteiger partial charge in [-0.2, -0.15) is 0 Å². The summed E-state index contributed by atoms with van der Waals surface area (Å²) in [6.45, 7) is 6.43. The van der Waals surface area contributed by atoms with Gasteiger partial charge in [0.25, 0.3) is 0 Å². The van der Waals surface area contributed by atoms with Crippen LogP contribution in [0.15, 0.2) is 36.4 Å². The molecule has 2 aromatic carbocycles. The highest BCUT2D eigenvalue weighted by molar-refractivity contribution is 6.42. The third kappa shape index (κ3) is 10.1. The lowest BCUT2D eigenvalue weighted by atomic mass is 9.82. The minimum atomic E-state index is -0.234. The van der Waals surface area contributed by atoms with E-state index in [1.807, 2.05) is 12.1 Å². The Hall–Kier alpha value is -1.70. The van der Waals surface area contributed by atoms with Crippen molar-refractivity contribution in [2.45, 2.75) is 120 Å². The lowest BCUT2D eigenvalue weighted by molar-refractivity contribution is -0.138. The van der Waals surface area contributed by atoms with Gasteiger partial charge >= 0.3 is 0 Å². The van der Waals surface area contributed by atoms with Gasteiger partial charge in [-0.25, -0.2) is 0 Å². The molecule has 0 aromatic heterocycles. The van der Waals surface area contributed by atoms with Gasteiger partial charge in [-0.05, 0) is 73.9 Å². The molecule has 4 saturated heterocycles. The number of amides is 2. The van der Waals surface area contributed by atoms with E-state index in [2.05, 4.69) is 30.2 Å². The van der Waals surface area contributed by atoms with E-state index in [9.17, 15) is 19.8 Å². The number of nitrogens with one attached hydrogen (secondary N) is 2. The summed E-state index contributed by atoms with van der Waals surface area (Å²) in [5, 5.41) is 29.2. The topological polar surface area (TPSA) is 112 Å². The third-order valence-electron chi connectivity index (χ3n) is 12.5. The maximum absolute atomic E-state index is 13.2. The number of hydrogen-bond donors (Lipinski definition) is 4. The molecule has 8 rings (SSSR count). The maximum Gasteiger partial charge on any atom is 0.227 e. The van der Waals surface area contributed by atoms with E-state index < -0.39 is 0 Å². The molecule has 0 bridgehead atoms. The Labute approximate surface area is 346 Å². The van der Waals surface area contributed by atoms with Gasteiger partial charge in [0.2, 0.25) is 11.8 Å². The predicted molar refractivity (Wildman–Crippen MR) is 221 cm³/mol. The normalized spacial score (nSPS) is 31.2. The van der Waals surface area contributed by atoms with Gasteiger partial charge in [-0.15, -0.1) is 0 Å². The predicted octanol–water partition coefficient (Wildman–Crippen LogP) is 5.28. The zero-order valence-electron chi connectivity index (χ0n) is 30.8. The van der Waals surface area contributed by atoms with Gasteiger partial charge in [-0.3, -0.25) is 19.4 Å². The fraction of sp³-hybridized carbons (Fsp3) is 0.659. The summed E-state index contributed by atoms with van der Waals surface area (Å²) in [5.74, 6) is 0.299. The second kappa shape index (κ2) is 19.4. The minimum absolute atomic E-state index is 0. The summed E-state index contributed by atoms with van der Waals surface area (Å²) >= 11 is 24.2. The summed E-state index contributed by atoms with van der Waals surface area (Å²) in [6, 6.07) is 12.5. The number of aliphatic hydroxyl groups is 2. The first-order chi connectivity index (χ1) is 26.0. The van der Waals surface area contributed by atoms with Gasteiger partial charge in [0.05, 0.1) is 57.2 Å². The van der Waals surface area contributed by atoms with Gasteiger partial charge in [0.1, 0.15) is 0 Å². The van der Waals surface area contributed by atoms with Crippen molar-refractivity contribution in [1.29, 1.82) is 0 Å². The van der Waals surface area contributed by atoms with Crippen molar-refractivity contribution in [3.63, 3.8) is 0 Å². The van der Waals surface area contributed by atoms with E-state index in [0.29, 0.717) is 57.1 Å². The molecule has 0 radical (unpaired) electrons. The third-order valence-corrected chi connectivity index (χ3v) is 14.0. The number of benzene rings is 2. The number of piperazine rings is 2. The van der Waals surface area contributed by atoms with Crippen LogP contribution in [0.5, 0.6) is 0 Å². The highest BCUT2D eigenvalue weighted by Crippen LogP contribution is 2.34. The van der Waals surface area contributed by atoms with Crippen LogP contribution >= 0.6 is 46.4 Å². The molecule has 4 aliphatic heterocycles. The number of likely N-dealkylation sites (tertiary alicyclic amines) is 2. The van der Waals surface area contributed by atoms with Crippen LogP contribution in [0.3, 0.4) is 0 Å². The molecule has 0 spiro atoms. The quantitative estimate of drug-likeness (QED) is 0.311. The van der Waals surface area contributed by atoms with Gasteiger partial charge in [0.15, 0.2) is 0 Å². The van der Waals surface area contributed by atoms with Crippen molar-refractivity contribution < 1.29 is 19.8 Å². The molecule has 4 heterocycles. The van der Waals surface area contributed by atoms with Crippen LogP contribution in [0.4, 0.5) is 0 Å². The van der Waals surface area contributed by atoms with Gasteiger partial charge in [0, 0.05) is 76.5 Å². The molecule has 6 fully saturated rings. The largest absolute Gasteiger partial charge is 0.392 e. The average molecular weight is 841 g/mol. The number of carbonyl (C=O) groups is 2. The Morgan fingerprint density at radius 3 is 1.38 bits per heavy atom. The van der Waals surface area contributed by atoms with Crippen molar-refractivity contribution in [1.82, 2.24) is 30.2 Å². The second-order valence-corrected chi connectivity index (χ2v) is 17.6. The number of aliphatic hydroxyl groups excluding tert-OH is 2. The van der Waals surface area contributed by atoms with E-state index in [0.717, 1.165) is 102 Å². The molecule has 4 N–H and O–H groups in total. The summed E-state index contributed by atoms with van der Waals surface area (Å²) in [5.41, 5.74) is 1.79. The number of hydrogen-bond acceptors (Lipinski definition) is 8. The van der Waals surface area contributed by atoms with Crippen LogP contribution in [0.1, 0.15) is 69.9 Å². The van der Waals surface area contributed by atoms with Crippen molar-refractivity contribution in [3.05, 3.63) is 67.6 Å². The average Bonchev–Trinajstić information content (AvgIpc) is 3.81. The molecular weight excluding hydrogens is 782 g/mol. The van der Waals surface area contributed by atoms with Crippen LogP contribution in [0.2, 0.25) is 20.1 Å². The number of carbonyl (C=O) groups excluding carboxylic acids is 2. The Balaban J connectivity index is 0.000000184. The van der Waals surface area contributed by atoms with Crippen molar-refractivity contribution in [2.24, 2.45) is 0 Å². The number of rotatable bonds is 6. The molecule has 55 heavy (non-hydrogen) atoms. The second-order valence-electron chi connectivity index (χ2n) is 16.0. The zero-order valence-corrected chi connectivity index (χ0v) is 33.8. The number of halogens is 4. The maximum atomic E-state index is 13.2. The van der Waals surface area contributed by atoms with Crippen molar-refractivity contribution in [2.75, 3.05) is 52.4 Å². The smallest absolute Gasteiger partial charge is 0.227 e. The first-order valence-electron chi connectivity index (χ1n) is 19.8. The van der Waals surface area contributed by atoms with E-state index in [1.54, 1.807) is 24.3 Å². The molecule has 2 saturated carbocycles. The van der Waals surface area contributed by atoms with Crippen LogP contribution in [0.25, 0.3) is 0 Å². The van der Waals surface area contributed by atoms with E-state index >= 15 is 0 Å². The van der Waals surface area contributed by atoms with Crippen LogP contribution < -0.4 is 10.6 Å². The first kappa shape index (κ1) is 42.9. The van der Waals surface area contributed by atoms with Crippen LogP contribution in [0, 0.1) is 0 Å². The lowest BCUT2D eigenvalue weighted by Crippen LogP contribution is -2.68. The SMILES string of the molecule is C.O=C(Cc1ccc(Cl)c(Cl)c1)N1CCNC2CCCC(N3CC[C@@H](O)C3)C21.O=C(Cc1ccc(Cl)c(Cl)c1)N1CCNC2CCCC(N3CC[C@H](O)C3)C21. The van der Waals surface area contributed by atoms with Crippen molar-refractivity contribution in [3.8, 4) is 0 Å². The summed E-state index contributed by atoms with van der Waals surface area (Å²) < 4.78 is 0. The minimum Gasteiger partial charge on any atom is -0.392 e. The summed E-state index contributed by atoms with van der Waals surface area (Å²) in [7, 11) is 0. The molecule has 10 nitrogen and oxygen atoms in total. The fourth-order valence-corrected chi connectivity index (χ4v) is 10.7. The van der Waals surface area contributed by atoms with E-state index in [4.69, 9.17) is 46.4 Å². The number of fused-ring (bicyclic) bond motifs is 2. The molecule has 2 amide bonds. The molecule has 6 unspecified atom stereocenters. The highest BCUT2D eigenvalue weighted by atomic mass is 35.5. The molecule has 2 aliphatic carbocycles. The number of β-amino-alcohol motifs (C(OH)–C–C–N with tert-alkyl or cyclic N) is 2. The standard InChI is InChI=1S/2C20H27Cl2N3O2.CH4/c2*21-15-5-4-13(10-16(15)22)11-19(27)25-9-7-23-17-2-1-3-18(20(17)25)24-8-6-14(26)12-24;/h2*4-5,10,14,17-18,20,23,26H,1-3,6-9,11-12H2;1H4/t2*14-,17?,18?,20?;/m10./s1. The monoisotopic (exact) mass is 838 g/mol.